The van der Waals surface area contributed by atoms with Gasteiger partial charge in [0.25, 0.3) is 0 Å². The molecule has 5 rings (SSSR count). The lowest BCUT2D eigenvalue weighted by Crippen LogP contribution is -2.34. The fourth-order valence-corrected chi connectivity index (χ4v) is 3.81. The van der Waals surface area contributed by atoms with Gasteiger partial charge in [-0.1, -0.05) is 12.1 Å². The summed E-state index contributed by atoms with van der Waals surface area (Å²) in [5.41, 5.74) is 3.08. The molecule has 1 fully saturated rings. The molecule has 3 aromatic heterocycles. The van der Waals surface area contributed by atoms with Gasteiger partial charge in [-0.15, -0.1) is 0 Å². The maximum absolute atomic E-state index is 5.98. The van der Waals surface area contributed by atoms with Gasteiger partial charge < -0.3 is 9.40 Å². The Kier molecular flexibility index (Phi) is 3.83. The molecule has 1 aliphatic heterocycles. The maximum atomic E-state index is 5.98. The molecule has 6 heteroatoms. The Morgan fingerprint density at radius 3 is 3.00 bits per heavy atom. The van der Waals surface area contributed by atoms with Crippen LogP contribution in [0, 0.1) is 0 Å². The van der Waals surface area contributed by atoms with Crippen LogP contribution in [0.15, 0.2) is 53.1 Å². The van der Waals surface area contributed by atoms with Crippen molar-refractivity contribution >= 4 is 11.0 Å². The molecular formula is C20H21N5O. The molecule has 2 N–H and O–H groups in total. The Morgan fingerprint density at radius 2 is 2.12 bits per heavy atom. The Morgan fingerprint density at radius 1 is 1.15 bits per heavy atom. The van der Waals surface area contributed by atoms with Gasteiger partial charge in [-0.05, 0) is 49.7 Å². The first-order chi connectivity index (χ1) is 12.8. The number of likely N-dealkylation sites (tertiary alicyclic amines) is 1. The van der Waals surface area contributed by atoms with Gasteiger partial charge in [-0.25, -0.2) is 4.98 Å². The average molecular weight is 347 g/mol. The van der Waals surface area contributed by atoms with Gasteiger partial charge in [0, 0.05) is 18.7 Å². The normalized spacial score (nSPS) is 18.5. The highest BCUT2D eigenvalue weighted by Gasteiger charge is 2.24. The van der Waals surface area contributed by atoms with E-state index in [1.807, 2.05) is 24.3 Å². The van der Waals surface area contributed by atoms with Crippen LogP contribution >= 0.6 is 0 Å². The summed E-state index contributed by atoms with van der Waals surface area (Å²) in [6.07, 6.45) is 4.09. The summed E-state index contributed by atoms with van der Waals surface area (Å²) < 4.78 is 5.98. The van der Waals surface area contributed by atoms with Crippen LogP contribution in [0.5, 0.6) is 0 Å². The average Bonchev–Trinajstić information content (AvgIpc) is 3.41. The van der Waals surface area contributed by atoms with E-state index in [0.29, 0.717) is 5.92 Å². The third-order valence-corrected chi connectivity index (χ3v) is 5.11. The second kappa shape index (κ2) is 6.46. The first-order valence-corrected chi connectivity index (χ1v) is 9.10. The number of rotatable bonds is 4. The summed E-state index contributed by atoms with van der Waals surface area (Å²) in [7, 11) is 0. The lowest BCUT2D eigenvalue weighted by atomic mass is 9.97. The number of benzene rings is 1. The zero-order valence-corrected chi connectivity index (χ0v) is 14.5. The molecule has 6 nitrogen and oxygen atoms in total. The number of furan rings is 1. The first kappa shape index (κ1) is 15.4. The monoisotopic (exact) mass is 347 g/mol. The zero-order chi connectivity index (χ0) is 17.3. The van der Waals surface area contributed by atoms with Crippen molar-refractivity contribution < 1.29 is 4.42 Å². The smallest absolute Gasteiger partial charge is 0.152 e. The lowest BCUT2D eigenvalue weighted by molar-refractivity contribution is 0.184. The number of piperidine rings is 1. The van der Waals surface area contributed by atoms with Crippen LogP contribution in [-0.4, -0.2) is 38.2 Å². The van der Waals surface area contributed by atoms with Crippen molar-refractivity contribution in [3.63, 3.8) is 0 Å². The lowest BCUT2D eigenvalue weighted by Gasteiger charge is -2.31. The summed E-state index contributed by atoms with van der Waals surface area (Å²) in [6, 6.07) is 14.2. The van der Waals surface area contributed by atoms with E-state index in [1.54, 1.807) is 6.20 Å². The topological polar surface area (TPSA) is 73.7 Å². The van der Waals surface area contributed by atoms with Gasteiger partial charge in [0.05, 0.1) is 17.6 Å². The van der Waals surface area contributed by atoms with Gasteiger partial charge in [0.1, 0.15) is 17.3 Å². The molecule has 1 aromatic carbocycles. The highest BCUT2D eigenvalue weighted by atomic mass is 16.3. The molecule has 132 valence electrons. The van der Waals surface area contributed by atoms with Crippen LogP contribution in [0.3, 0.4) is 0 Å². The molecule has 0 bridgehead atoms. The SMILES string of the molecule is c1ccc2[nH]c([C@@H]3CCCN(Cc4ccc(-c5ccn[nH]5)o4)C3)nc2c1. The van der Waals surface area contributed by atoms with Gasteiger partial charge in [-0.3, -0.25) is 10.00 Å². The van der Waals surface area contributed by atoms with Gasteiger partial charge >= 0.3 is 0 Å². The third-order valence-electron chi connectivity index (χ3n) is 5.11. The quantitative estimate of drug-likeness (QED) is 0.587. The molecule has 1 atom stereocenters. The molecule has 4 aromatic rings. The largest absolute Gasteiger partial charge is 0.458 e. The molecule has 1 saturated heterocycles. The molecule has 0 amide bonds. The minimum absolute atomic E-state index is 0.443. The molecule has 0 aliphatic carbocycles. The maximum Gasteiger partial charge on any atom is 0.152 e. The Labute approximate surface area is 151 Å². The van der Waals surface area contributed by atoms with Crippen molar-refractivity contribution in [3.05, 3.63) is 60.2 Å². The van der Waals surface area contributed by atoms with Crippen molar-refractivity contribution in [2.24, 2.45) is 0 Å². The van der Waals surface area contributed by atoms with E-state index in [0.717, 1.165) is 53.7 Å². The molecule has 0 saturated carbocycles. The molecule has 0 radical (unpaired) electrons. The summed E-state index contributed by atoms with van der Waals surface area (Å²) in [4.78, 5) is 10.8. The highest BCUT2D eigenvalue weighted by molar-refractivity contribution is 5.74. The van der Waals surface area contributed by atoms with E-state index >= 15 is 0 Å². The fourth-order valence-electron chi connectivity index (χ4n) is 3.81. The predicted octanol–water partition coefficient (Wildman–Crippen LogP) is 3.93. The van der Waals surface area contributed by atoms with Crippen LogP contribution in [0.25, 0.3) is 22.5 Å². The Bertz CT molecular complexity index is 967. The van der Waals surface area contributed by atoms with E-state index in [2.05, 4.69) is 38.3 Å². The van der Waals surface area contributed by atoms with E-state index in [9.17, 15) is 0 Å². The molecule has 26 heavy (non-hydrogen) atoms. The minimum Gasteiger partial charge on any atom is -0.458 e. The van der Waals surface area contributed by atoms with Crippen molar-refractivity contribution in [1.29, 1.82) is 0 Å². The number of fused-ring (bicyclic) bond motifs is 1. The van der Waals surface area contributed by atoms with Crippen LogP contribution in [0.2, 0.25) is 0 Å². The van der Waals surface area contributed by atoms with Crippen molar-refractivity contribution in [1.82, 2.24) is 25.1 Å². The van der Waals surface area contributed by atoms with Crippen molar-refractivity contribution in [2.45, 2.75) is 25.3 Å². The van der Waals surface area contributed by atoms with Gasteiger partial charge in [0.2, 0.25) is 0 Å². The fraction of sp³-hybridized carbons (Fsp3) is 0.300. The summed E-state index contributed by atoms with van der Waals surface area (Å²) in [5, 5.41) is 6.92. The van der Waals surface area contributed by atoms with Crippen LogP contribution < -0.4 is 0 Å². The molecule has 1 aliphatic rings. The highest BCUT2D eigenvalue weighted by Crippen LogP contribution is 2.28. The van der Waals surface area contributed by atoms with Crippen LogP contribution in [-0.2, 0) is 6.54 Å². The molecule has 0 spiro atoms. The number of hydrogen-bond acceptors (Lipinski definition) is 4. The third kappa shape index (κ3) is 2.93. The summed E-state index contributed by atoms with van der Waals surface area (Å²) in [5.74, 6) is 3.37. The van der Waals surface area contributed by atoms with E-state index in [-0.39, 0.29) is 0 Å². The van der Waals surface area contributed by atoms with E-state index in [4.69, 9.17) is 9.40 Å². The number of aromatic nitrogens is 4. The zero-order valence-electron chi connectivity index (χ0n) is 14.5. The van der Waals surface area contributed by atoms with Crippen molar-refractivity contribution in [3.8, 4) is 11.5 Å². The number of H-pyrrole nitrogens is 2. The van der Waals surface area contributed by atoms with Gasteiger partial charge in [-0.2, -0.15) is 5.10 Å². The number of hydrogen-bond donors (Lipinski definition) is 2. The van der Waals surface area contributed by atoms with E-state index in [1.165, 1.54) is 12.8 Å². The minimum atomic E-state index is 0.443. The summed E-state index contributed by atoms with van der Waals surface area (Å²) in [6.45, 7) is 2.92. The number of imidazole rings is 1. The predicted molar refractivity (Wildman–Crippen MR) is 99.6 cm³/mol. The number of nitrogens with one attached hydrogen (secondary N) is 2. The van der Waals surface area contributed by atoms with Crippen LogP contribution in [0.1, 0.15) is 30.3 Å². The molecule has 0 unspecified atom stereocenters. The standard InChI is InChI=1S/C20H21N5O/c1-2-6-17-16(5-1)22-20(23-17)14-4-3-11-25(12-14)13-15-7-8-19(26-15)18-9-10-21-24-18/h1-2,5-10,14H,3-4,11-13H2,(H,21,24)(H,22,23)/t14-/m1/s1. The van der Waals surface area contributed by atoms with Crippen LogP contribution in [0.4, 0.5) is 0 Å². The summed E-state index contributed by atoms with van der Waals surface area (Å²) >= 11 is 0. The number of para-hydroxylation sites is 2. The molecule has 4 heterocycles. The number of nitrogens with zero attached hydrogens (tertiary/aromatic N) is 3. The number of aromatic amines is 2. The second-order valence-electron chi connectivity index (χ2n) is 6.95. The Balaban J connectivity index is 1.30. The second-order valence-corrected chi connectivity index (χ2v) is 6.95. The van der Waals surface area contributed by atoms with Gasteiger partial charge in [0.15, 0.2) is 5.76 Å². The van der Waals surface area contributed by atoms with E-state index < -0.39 is 0 Å². The molecular weight excluding hydrogens is 326 g/mol. The Hall–Kier alpha value is -2.86. The first-order valence-electron chi connectivity index (χ1n) is 9.10. The van der Waals surface area contributed by atoms with Crippen molar-refractivity contribution in [2.75, 3.05) is 13.1 Å².